The monoisotopic (exact) mass is 286 g/mol. The van der Waals surface area contributed by atoms with Crippen LogP contribution in [0.2, 0.25) is 18.1 Å². The molecule has 0 aromatic carbocycles. The molecule has 0 unspecified atom stereocenters. The molecular weight excluding hydrogens is 252 g/mol. The van der Waals surface area contributed by atoms with E-state index in [-0.39, 0.29) is 16.4 Å². The normalized spacial score (nSPS) is 36.3. The summed E-state index contributed by atoms with van der Waals surface area (Å²) in [5.74, 6) is 0.283. The summed E-state index contributed by atoms with van der Waals surface area (Å²) in [4.78, 5) is 0. The van der Waals surface area contributed by atoms with Crippen LogP contribution in [0.3, 0.4) is 0 Å². The molecule has 0 saturated heterocycles. The van der Waals surface area contributed by atoms with Crippen molar-refractivity contribution in [2.75, 3.05) is 0 Å². The Balaban J connectivity index is 2.85. The van der Waals surface area contributed by atoms with Crippen molar-refractivity contribution < 1.29 is 9.53 Å². The lowest BCUT2D eigenvalue weighted by Crippen LogP contribution is -2.56. The molecule has 0 amide bonds. The van der Waals surface area contributed by atoms with Gasteiger partial charge in [-0.3, -0.25) is 0 Å². The van der Waals surface area contributed by atoms with Gasteiger partial charge in [-0.05, 0) is 49.2 Å². The van der Waals surface area contributed by atoms with Gasteiger partial charge >= 0.3 is 0 Å². The van der Waals surface area contributed by atoms with Gasteiger partial charge in [-0.25, -0.2) is 0 Å². The van der Waals surface area contributed by atoms with Gasteiger partial charge in [-0.15, -0.1) is 0 Å². The molecule has 3 atom stereocenters. The molecule has 0 aromatic rings. The molecule has 0 heterocycles. The van der Waals surface area contributed by atoms with Crippen molar-refractivity contribution in [1.29, 1.82) is 0 Å². The van der Waals surface area contributed by atoms with Crippen LogP contribution in [0, 0.1) is 11.3 Å². The first-order valence-electron chi connectivity index (χ1n) is 7.61. The van der Waals surface area contributed by atoms with Crippen LogP contribution in [0.5, 0.6) is 0 Å². The summed E-state index contributed by atoms with van der Waals surface area (Å²) < 4.78 is 6.57. The Labute approximate surface area is 121 Å². The summed E-state index contributed by atoms with van der Waals surface area (Å²) in [6.07, 6.45) is 2.23. The second-order valence-electron chi connectivity index (χ2n) is 8.87. The lowest BCUT2D eigenvalue weighted by Gasteiger charge is -2.53. The highest BCUT2D eigenvalue weighted by molar-refractivity contribution is 6.74. The maximum atomic E-state index is 10.7. The van der Waals surface area contributed by atoms with Gasteiger partial charge < -0.3 is 9.53 Å². The number of hydrogen-bond donors (Lipinski definition) is 1. The molecule has 2 nitrogen and oxygen atoms in total. The fourth-order valence-corrected chi connectivity index (χ4v) is 4.20. The van der Waals surface area contributed by atoms with E-state index in [1.54, 1.807) is 0 Å². The quantitative estimate of drug-likeness (QED) is 0.753. The average molecular weight is 287 g/mol. The van der Waals surface area contributed by atoms with E-state index in [1.165, 1.54) is 0 Å². The van der Waals surface area contributed by atoms with Crippen LogP contribution in [-0.2, 0) is 4.43 Å². The zero-order valence-electron chi connectivity index (χ0n) is 14.4. The smallest absolute Gasteiger partial charge is 0.192 e. The molecule has 1 aliphatic rings. The molecule has 1 N–H and O–H groups in total. The van der Waals surface area contributed by atoms with Gasteiger partial charge in [0.25, 0.3) is 0 Å². The lowest BCUT2D eigenvalue weighted by atomic mass is 9.61. The van der Waals surface area contributed by atoms with E-state index in [1.807, 2.05) is 6.92 Å². The molecule has 1 rings (SSSR count). The van der Waals surface area contributed by atoms with Crippen molar-refractivity contribution >= 4 is 8.32 Å². The molecule has 0 radical (unpaired) electrons. The Morgan fingerprint density at radius 2 is 1.63 bits per heavy atom. The molecule has 3 heteroatoms. The van der Waals surface area contributed by atoms with Gasteiger partial charge in [0, 0.05) is 6.10 Å². The predicted octanol–water partition coefficient (Wildman–Crippen LogP) is 4.58. The van der Waals surface area contributed by atoms with E-state index < -0.39 is 13.9 Å². The zero-order valence-corrected chi connectivity index (χ0v) is 15.4. The Morgan fingerprint density at radius 1 is 1.16 bits per heavy atom. The molecule has 1 aliphatic carbocycles. The fraction of sp³-hybridized carbons (Fsp3) is 1.00. The maximum absolute atomic E-state index is 10.7. The molecule has 114 valence electrons. The van der Waals surface area contributed by atoms with Crippen LogP contribution in [0.1, 0.15) is 61.3 Å². The third-order valence-corrected chi connectivity index (χ3v) is 10.5. The predicted molar refractivity (Wildman–Crippen MR) is 84.9 cm³/mol. The highest BCUT2D eigenvalue weighted by Crippen LogP contribution is 2.49. The Bertz CT molecular complexity index is 326. The van der Waals surface area contributed by atoms with E-state index in [2.05, 4.69) is 54.6 Å². The third kappa shape index (κ3) is 3.25. The number of rotatable bonds is 2. The number of hydrogen-bond acceptors (Lipinski definition) is 2. The van der Waals surface area contributed by atoms with E-state index in [9.17, 15) is 5.11 Å². The van der Waals surface area contributed by atoms with E-state index >= 15 is 0 Å². The minimum atomic E-state index is -1.71. The molecule has 1 saturated carbocycles. The average Bonchev–Trinajstić information content (AvgIpc) is 2.11. The van der Waals surface area contributed by atoms with Crippen molar-refractivity contribution in [3.8, 4) is 0 Å². The van der Waals surface area contributed by atoms with Crippen LogP contribution in [0.15, 0.2) is 0 Å². The molecular formula is C16H34O2Si. The topological polar surface area (TPSA) is 29.5 Å². The molecule has 19 heavy (non-hydrogen) atoms. The zero-order chi connectivity index (χ0) is 15.3. The van der Waals surface area contributed by atoms with E-state index in [4.69, 9.17) is 4.43 Å². The van der Waals surface area contributed by atoms with Crippen LogP contribution >= 0.6 is 0 Å². The maximum Gasteiger partial charge on any atom is 0.192 e. The highest BCUT2D eigenvalue weighted by Gasteiger charge is 2.51. The Kier molecular flexibility index (Phi) is 4.39. The summed E-state index contributed by atoms with van der Waals surface area (Å²) >= 11 is 0. The second-order valence-corrected chi connectivity index (χ2v) is 13.6. The SMILES string of the molecule is C[C@H]1C[C@@H](O[Si](C)(C)C(C)(C)C)CC(C)(C)[C@]1(C)O. The van der Waals surface area contributed by atoms with Crippen molar-refractivity contribution in [2.24, 2.45) is 11.3 Å². The van der Waals surface area contributed by atoms with Crippen molar-refractivity contribution in [3.05, 3.63) is 0 Å². The summed E-state index contributed by atoms with van der Waals surface area (Å²) in [5.41, 5.74) is -0.683. The van der Waals surface area contributed by atoms with Gasteiger partial charge in [-0.1, -0.05) is 41.5 Å². The summed E-state index contributed by atoms with van der Waals surface area (Å²) in [7, 11) is -1.71. The van der Waals surface area contributed by atoms with Gasteiger partial charge in [0.05, 0.1) is 5.60 Å². The first-order chi connectivity index (χ1) is 8.21. The van der Waals surface area contributed by atoms with Crippen molar-refractivity contribution in [2.45, 2.75) is 91.1 Å². The minimum Gasteiger partial charge on any atom is -0.414 e. The molecule has 0 spiro atoms. The second kappa shape index (κ2) is 4.85. The summed E-state index contributed by atoms with van der Waals surface area (Å²) in [6.45, 7) is 20.0. The highest BCUT2D eigenvalue weighted by atomic mass is 28.4. The molecule has 0 aromatic heterocycles. The van der Waals surface area contributed by atoms with Gasteiger partial charge in [0.2, 0.25) is 0 Å². The van der Waals surface area contributed by atoms with E-state index in [0.29, 0.717) is 6.10 Å². The van der Waals surface area contributed by atoms with Crippen molar-refractivity contribution in [1.82, 2.24) is 0 Å². The first-order valence-corrected chi connectivity index (χ1v) is 10.5. The third-order valence-electron chi connectivity index (χ3n) is 5.95. The number of aliphatic hydroxyl groups is 1. The Hall–Kier alpha value is 0.137. The summed E-state index contributed by atoms with van der Waals surface area (Å²) in [6, 6.07) is 0. The first kappa shape index (κ1) is 17.2. The summed E-state index contributed by atoms with van der Waals surface area (Å²) in [5, 5.41) is 11.0. The molecule has 0 aliphatic heterocycles. The lowest BCUT2D eigenvalue weighted by molar-refractivity contribution is -0.145. The van der Waals surface area contributed by atoms with Crippen LogP contribution in [0.25, 0.3) is 0 Å². The minimum absolute atomic E-state index is 0.0856. The molecule has 0 bridgehead atoms. The molecule has 1 fully saturated rings. The van der Waals surface area contributed by atoms with Crippen LogP contribution in [0.4, 0.5) is 0 Å². The van der Waals surface area contributed by atoms with Crippen LogP contribution < -0.4 is 0 Å². The Morgan fingerprint density at radius 3 is 2.00 bits per heavy atom. The van der Waals surface area contributed by atoms with Crippen LogP contribution in [-0.4, -0.2) is 25.1 Å². The van der Waals surface area contributed by atoms with Crippen molar-refractivity contribution in [3.63, 3.8) is 0 Å². The fourth-order valence-electron chi connectivity index (χ4n) is 2.83. The van der Waals surface area contributed by atoms with Gasteiger partial charge in [0.1, 0.15) is 0 Å². The standard InChI is InChI=1S/C16H34O2Si/c1-12-10-13(11-15(5,6)16(12,7)17)18-19(8,9)14(2,3)4/h12-13,17H,10-11H2,1-9H3/t12-,13+,16+/m0/s1. The van der Waals surface area contributed by atoms with Gasteiger partial charge in [-0.2, -0.15) is 0 Å². The van der Waals surface area contributed by atoms with E-state index in [0.717, 1.165) is 12.8 Å². The van der Waals surface area contributed by atoms with Gasteiger partial charge in [0.15, 0.2) is 8.32 Å². The largest absolute Gasteiger partial charge is 0.414 e.